The molecule has 0 saturated carbocycles. The first-order valence-electron chi connectivity index (χ1n) is 7.90. The lowest BCUT2D eigenvalue weighted by molar-refractivity contribution is 0.363. The monoisotopic (exact) mass is 392 g/mol. The van der Waals surface area contributed by atoms with Gasteiger partial charge in [0, 0.05) is 30.9 Å². The Bertz CT molecular complexity index is 720. The van der Waals surface area contributed by atoms with Gasteiger partial charge in [-0.1, -0.05) is 11.8 Å². The second kappa shape index (κ2) is 8.91. The number of aromatic nitrogens is 3. The molecule has 1 aromatic heterocycles. The van der Waals surface area contributed by atoms with E-state index in [2.05, 4.69) is 15.5 Å². The predicted molar refractivity (Wildman–Crippen MR) is 93.4 cm³/mol. The topological polar surface area (TPSA) is 42.7 Å². The summed E-state index contributed by atoms with van der Waals surface area (Å²) >= 11 is 1.26. The molecule has 1 aliphatic heterocycles. The van der Waals surface area contributed by atoms with E-state index in [1.54, 1.807) is 0 Å². The summed E-state index contributed by atoms with van der Waals surface area (Å²) in [6.07, 6.45) is 3.11. The van der Waals surface area contributed by atoms with Gasteiger partial charge in [0.25, 0.3) is 0 Å². The molecule has 0 bridgehead atoms. The minimum Gasteiger partial charge on any atom is -0.317 e. The third-order valence-corrected chi connectivity index (χ3v) is 5.37. The van der Waals surface area contributed by atoms with E-state index in [0.29, 0.717) is 17.1 Å². The molecule has 3 rings (SSSR count). The van der Waals surface area contributed by atoms with Crippen molar-refractivity contribution >= 4 is 24.2 Å². The van der Waals surface area contributed by atoms with E-state index in [1.165, 1.54) is 11.8 Å². The number of thioether (sulfide) groups is 1. The van der Waals surface area contributed by atoms with Gasteiger partial charge < -0.3 is 9.88 Å². The summed E-state index contributed by atoms with van der Waals surface area (Å²) in [7, 11) is 1.88. The Morgan fingerprint density at radius 3 is 2.52 bits per heavy atom. The molecule has 0 atom stereocenters. The average Bonchev–Trinajstić information content (AvgIpc) is 2.91. The standard InChI is InChI=1S/C16H19F3N4S.ClH/c1-23-15(6-10-2-4-20-5-3-10)21-22-16(23)24-9-11-7-13(18)14(19)8-12(11)17;/h7-8,10,20H,2-6,9H2,1H3;1H. The molecule has 9 heteroatoms. The van der Waals surface area contributed by atoms with Crippen LogP contribution in [0, 0.1) is 23.4 Å². The molecule has 2 heterocycles. The zero-order valence-electron chi connectivity index (χ0n) is 13.8. The maximum Gasteiger partial charge on any atom is 0.191 e. The number of hydrogen-bond donors (Lipinski definition) is 1. The third kappa shape index (κ3) is 4.89. The predicted octanol–water partition coefficient (Wildman–Crippen LogP) is 3.49. The van der Waals surface area contributed by atoms with Crippen LogP contribution in [-0.4, -0.2) is 27.9 Å². The molecule has 1 N–H and O–H groups in total. The van der Waals surface area contributed by atoms with E-state index in [1.807, 2.05) is 11.6 Å². The molecule has 25 heavy (non-hydrogen) atoms. The van der Waals surface area contributed by atoms with Crippen LogP contribution in [0.4, 0.5) is 13.2 Å². The van der Waals surface area contributed by atoms with Crippen molar-refractivity contribution in [3.8, 4) is 0 Å². The van der Waals surface area contributed by atoms with Crippen LogP contribution in [0.5, 0.6) is 0 Å². The van der Waals surface area contributed by atoms with Gasteiger partial charge in [-0.05, 0) is 37.9 Å². The van der Waals surface area contributed by atoms with Crippen molar-refractivity contribution in [2.75, 3.05) is 13.1 Å². The van der Waals surface area contributed by atoms with Crippen LogP contribution < -0.4 is 5.32 Å². The van der Waals surface area contributed by atoms with E-state index < -0.39 is 17.5 Å². The van der Waals surface area contributed by atoms with E-state index >= 15 is 0 Å². The van der Waals surface area contributed by atoms with Crippen molar-refractivity contribution in [2.24, 2.45) is 13.0 Å². The molecule has 1 fully saturated rings. The second-order valence-electron chi connectivity index (χ2n) is 6.00. The van der Waals surface area contributed by atoms with Crippen LogP contribution in [0.3, 0.4) is 0 Å². The fraction of sp³-hybridized carbons (Fsp3) is 0.500. The molecule has 0 radical (unpaired) electrons. The Morgan fingerprint density at radius 2 is 1.80 bits per heavy atom. The molecule has 1 aromatic carbocycles. The fourth-order valence-corrected chi connectivity index (χ4v) is 3.71. The maximum absolute atomic E-state index is 13.7. The molecule has 1 aliphatic rings. The summed E-state index contributed by atoms with van der Waals surface area (Å²) in [5.41, 5.74) is 0.113. The Balaban J connectivity index is 0.00000225. The normalized spacial score (nSPS) is 15.2. The molecule has 2 aromatic rings. The lowest BCUT2D eigenvalue weighted by Gasteiger charge is -2.21. The van der Waals surface area contributed by atoms with Gasteiger partial charge in [-0.3, -0.25) is 0 Å². The molecule has 138 valence electrons. The lowest BCUT2D eigenvalue weighted by atomic mass is 9.94. The van der Waals surface area contributed by atoms with Gasteiger partial charge in [0.05, 0.1) is 0 Å². The Labute approximate surface area is 155 Å². The van der Waals surface area contributed by atoms with E-state index in [0.717, 1.165) is 44.2 Å². The summed E-state index contributed by atoms with van der Waals surface area (Å²) in [5.74, 6) is -1.31. The van der Waals surface area contributed by atoms with E-state index in [9.17, 15) is 13.2 Å². The molecule has 0 spiro atoms. The highest BCUT2D eigenvalue weighted by Gasteiger charge is 2.18. The van der Waals surface area contributed by atoms with Gasteiger partial charge in [0.1, 0.15) is 11.6 Å². The largest absolute Gasteiger partial charge is 0.317 e. The van der Waals surface area contributed by atoms with E-state index in [-0.39, 0.29) is 23.7 Å². The molecular weight excluding hydrogens is 373 g/mol. The highest BCUT2D eigenvalue weighted by molar-refractivity contribution is 7.98. The van der Waals surface area contributed by atoms with Gasteiger partial charge in [-0.2, -0.15) is 0 Å². The van der Waals surface area contributed by atoms with Gasteiger partial charge in [0.2, 0.25) is 0 Å². The molecular formula is C16H20ClF3N4S. The van der Waals surface area contributed by atoms with Crippen molar-refractivity contribution < 1.29 is 13.2 Å². The number of nitrogens with zero attached hydrogens (tertiary/aromatic N) is 3. The number of rotatable bonds is 5. The minimum atomic E-state index is -1.18. The lowest BCUT2D eigenvalue weighted by Crippen LogP contribution is -2.29. The summed E-state index contributed by atoms with van der Waals surface area (Å²) in [6.45, 7) is 2.05. The van der Waals surface area contributed by atoms with Crippen LogP contribution >= 0.6 is 24.2 Å². The van der Waals surface area contributed by atoms with Crippen LogP contribution in [0.1, 0.15) is 24.2 Å². The molecule has 1 saturated heterocycles. The number of nitrogens with one attached hydrogen (secondary N) is 1. The second-order valence-corrected chi connectivity index (χ2v) is 6.94. The van der Waals surface area contributed by atoms with Crippen LogP contribution in [0.25, 0.3) is 0 Å². The maximum atomic E-state index is 13.7. The van der Waals surface area contributed by atoms with Crippen LogP contribution in [0.15, 0.2) is 17.3 Å². The third-order valence-electron chi connectivity index (χ3n) is 4.30. The van der Waals surface area contributed by atoms with Crippen molar-refractivity contribution in [1.29, 1.82) is 0 Å². The van der Waals surface area contributed by atoms with E-state index in [4.69, 9.17) is 0 Å². The smallest absolute Gasteiger partial charge is 0.191 e. The number of halogens is 4. The quantitative estimate of drug-likeness (QED) is 0.625. The fourth-order valence-electron chi connectivity index (χ4n) is 2.81. The van der Waals surface area contributed by atoms with Crippen LogP contribution in [-0.2, 0) is 19.2 Å². The summed E-state index contributed by atoms with van der Waals surface area (Å²) in [4.78, 5) is 0. The van der Waals surface area contributed by atoms with Gasteiger partial charge >= 0.3 is 0 Å². The Kier molecular flexibility index (Phi) is 7.15. The van der Waals surface area contributed by atoms with Crippen molar-refractivity contribution in [3.05, 3.63) is 41.0 Å². The number of benzene rings is 1. The SMILES string of the molecule is Cl.Cn1c(CC2CCNCC2)nnc1SCc1cc(F)c(F)cc1F. The highest BCUT2D eigenvalue weighted by Crippen LogP contribution is 2.25. The molecule has 0 amide bonds. The summed E-state index contributed by atoms with van der Waals surface area (Å²) < 4.78 is 41.8. The summed E-state index contributed by atoms with van der Waals surface area (Å²) in [6, 6.07) is 1.47. The minimum absolute atomic E-state index is 0. The van der Waals surface area contributed by atoms with Crippen molar-refractivity contribution in [2.45, 2.75) is 30.2 Å². The zero-order valence-corrected chi connectivity index (χ0v) is 15.4. The first kappa shape index (κ1) is 20.1. The first-order chi connectivity index (χ1) is 11.5. The number of piperidine rings is 1. The Hall–Kier alpha value is -1.25. The zero-order chi connectivity index (χ0) is 17.1. The molecule has 4 nitrogen and oxygen atoms in total. The Morgan fingerprint density at radius 1 is 1.12 bits per heavy atom. The molecule has 0 aliphatic carbocycles. The molecule has 0 unspecified atom stereocenters. The average molecular weight is 393 g/mol. The highest BCUT2D eigenvalue weighted by atomic mass is 35.5. The van der Waals surface area contributed by atoms with Gasteiger partial charge in [-0.25, -0.2) is 13.2 Å². The van der Waals surface area contributed by atoms with Gasteiger partial charge in [0.15, 0.2) is 16.8 Å². The van der Waals surface area contributed by atoms with Crippen molar-refractivity contribution in [3.63, 3.8) is 0 Å². The van der Waals surface area contributed by atoms with Crippen molar-refractivity contribution in [1.82, 2.24) is 20.1 Å². The first-order valence-corrected chi connectivity index (χ1v) is 8.88. The number of hydrogen-bond acceptors (Lipinski definition) is 4. The van der Waals surface area contributed by atoms with Crippen LogP contribution in [0.2, 0.25) is 0 Å². The summed E-state index contributed by atoms with van der Waals surface area (Å²) in [5, 5.41) is 12.3. The van der Waals surface area contributed by atoms with Gasteiger partial charge in [-0.15, -0.1) is 22.6 Å².